The number of hydrogen-bond donors (Lipinski definition) is 2. The SMILES string of the molecule is Cc1nn(CC(F)(F)F)c(C)c1NC(=O)CC(C)(C)CC(=O)O. The lowest BCUT2D eigenvalue weighted by molar-refractivity contribution is -0.143. The molecule has 0 saturated carbocycles. The highest BCUT2D eigenvalue weighted by Crippen LogP contribution is 2.28. The Labute approximate surface area is 131 Å². The highest BCUT2D eigenvalue weighted by Gasteiger charge is 2.31. The van der Waals surface area contributed by atoms with Gasteiger partial charge in [0.1, 0.15) is 6.54 Å². The van der Waals surface area contributed by atoms with Gasteiger partial charge in [-0.25, -0.2) is 0 Å². The zero-order chi connectivity index (χ0) is 18.0. The molecule has 0 aliphatic heterocycles. The zero-order valence-electron chi connectivity index (χ0n) is 13.4. The van der Waals surface area contributed by atoms with Crippen LogP contribution in [0.1, 0.15) is 38.1 Å². The maximum absolute atomic E-state index is 12.5. The summed E-state index contributed by atoms with van der Waals surface area (Å²) >= 11 is 0. The normalized spacial score (nSPS) is 12.3. The zero-order valence-corrected chi connectivity index (χ0v) is 13.4. The van der Waals surface area contributed by atoms with Gasteiger partial charge in [0.2, 0.25) is 5.91 Å². The second-order valence-corrected chi connectivity index (χ2v) is 6.28. The Morgan fingerprint density at radius 2 is 1.78 bits per heavy atom. The second kappa shape index (κ2) is 6.59. The fourth-order valence-corrected chi connectivity index (χ4v) is 2.29. The highest BCUT2D eigenvalue weighted by molar-refractivity contribution is 5.92. The van der Waals surface area contributed by atoms with E-state index in [1.807, 2.05) is 0 Å². The number of hydrogen-bond acceptors (Lipinski definition) is 3. The Kier molecular flexibility index (Phi) is 5.44. The van der Waals surface area contributed by atoms with Crippen LogP contribution in [0.4, 0.5) is 18.9 Å². The predicted octanol–water partition coefficient (Wildman–Crippen LogP) is 2.89. The first-order valence-electron chi connectivity index (χ1n) is 6.93. The molecule has 2 N–H and O–H groups in total. The minimum absolute atomic E-state index is 0.0668. The highest BCUT2D eigenvalue weighted by atomic mass is 19.4. The molecule has 6 nitrogen and oxygen atoms in total. The first kappa shape index (κ1) is 19.0. The molecule has 1 amide bonds. The molecular formula is C14H20F3N3O3. The molecule has 0 bridgehead atoms. The number of amides is 1. The number of aryl methyl sites for hydroxylation is 1. The Balaban J connectivity index is 2.85. The lowest BCUT2D eigenvalue weighted by atomic mass is 9.85. The van der Waals surface area contributed by atoms with E-state index in [0.29, 0.717) is 0 Å². The molecule has 0 atom stereocenters. The summed E-state index contributed by atoms with van der Waals surface area (Å²) in [5, 5.41) is 15.1. The fourth-order valence-electron chi connectivity index (χ4n) is 2.29. The Morgan fingerprint density at radius 3 is 2.26 bits per heavy atom. The van der Waals surface area contributed by atoms with E-state index in [0.717, 1.165) is 4.68 Å². The van der Waals surface area contributed by atoms with E-state index in [9.17, 15) is 22.8 Å². The van der Waals surface area contributed by atoms with E-state index in [-0.39, 0.29) is 29.9 Å². The molecule has 1 heterocycles. The summed E-state index contributed by atoms with van der Waals surface area (Å²) in [4.78, 5) is 22.8. The van der Waals surface area contributed by atoms with Crippen molar-refractivity contribution in [2.24, 2.45) is 5.41 Å². The van der Waals surface area contributed by atoms with Crippen LogP contribution in [0.5, 0.6) is 0 Å². The van der Waals surface area contributed by atoms with Crippen molar-refractivity contribution in [1.82, 2.24) is 9.78 Å². The number of aromatic nitrogens is 2. The summed E-state index contributed by atoms with van der Waals surface area (Å²) in [5.41, 5.74) is -0.0644. The largest absolute Gasteiger partial charge is 0.481 e. The number of alkyl halides is 3. The van der Waals surface area contributed by atoms with Gasteiger partial charge in [-0.3, -0.25) is 14.3 Å². The molecule has 130 valence electrons. The summed E-state index contributed by atoms with van der Waals surface area (Å²) < 4.78 is 38.2. The van der Waals surface area contributed by atoms with Crippen molar-refractivity contribution < 1.29 is 27.9 Å². The van der Waals surface area contributed by atoms with Crippen molar-refractivity contribution in [2.45, 2.75) is 53.3 Å². The number of anilines is 1. The van der Waals surface area contributed by atoms with E-state index < -0.39 is 30.0 Å². The molecule has 0 aromatic carbocycles. The molecule has 9 heteroatoms. The molecule has 1 aromatic rings. The van der Waals surface area contributed by atoms with Crippen LogP contribution in [0, 0.1) is 19.3 Å². The van der Waals surface area contributed by atoms with Crippen LogP contribution < -0.4 is 5.32 Å². The Hall–Kier alpha value is -2.06. The van der Waals surface area contributed by atoms with Gasteiger partial charge in [-0.15, -0.1) is 0 Å². The van der Waals surface area contributed by atoms with Gasteiger partial charge < -0.3 is 10.4 Å². The van der Waals surface area contributed by atoms with Crippen LogP contribution >= 0.6 is 0 Å². The van der Waals surface area contributed by atoms with Crippen LogP contribution in [0.25, 0.3) is 0 Å². The van der Waals surface area contributed by atoms with Crippen molar-refractivity contribution in [3.05, 3.63) is 11.4 Å². The molecular weight excluding hydrogens is 315 g/mol. The molecule has 0 unspecified atom stereocenters. The lowest BCUT2D eigenvalue weighted by Gasteiger charge is -2.21. The summed E-state index contributed by atoms with van der Waals surface area (Å²) in [6.45, 7) is 4.96. The van der Waals surface area contributed by atoms with E-state index in [1.54, 1.807) is 13.8 Å². The minimum Gasteiger partial charge on any atom is -0.481 e. The van der Waals surface area contributed by atoms with Gasteiger partial charge in [-0.2, -0.15) is 18.3 Å². The third-order valence-corrected chi connectivity index (χ3v) is 3.24. The van der Waals surface area contributed by atoms with E-state index in [1.165, 1.54) is 13.8 Å². The van der Waals surface area contributed by atoms with Gasteiger partial charge in [0.25, 0.3) is 0 Å². The van der Waals surface area contributed by atoms with Crippen LogP contribution in [-0.4, -0.2) is 32.9 Å². The molecule has 0 radical (unpaired) electrons. The summed E-state index contributed by atoms with van der Waals surface area (Å²) in [7, 11) is 0. The number of rotatable bonds is 6. The number of aliphatic carboxylic acids is 1. The van der Waals surface area contributed by atoms with Gasteiger partial charge >= 0.3 is 12.1 Å². The quantitative estimate of drug-likeness (QED) is 0.837. The topological polar surface area (TPSA) is 84.2 Å². The number of carbonyl (C=O) groups is 2. The van der Waals surface area contributed by atoms with Crippen LogP contribution in [0.3, 0.4) is 0 Å². The number of nitrogens with zero attached hydrogens (tertiary/aromatic N) is 2. The third-order valence-electron chi connectivity index (χ3n) is 3.24. The molecule has 0 spiro atoms. The minimum atomic E-state index is -4.41. The van der Waals surface area contributed by atoms with Crippen molar-refractivity contribution >= 4 is 17.6 Å². The second-order valence-electron chi connectivity index (χ2n) is 6.28. The molecule has 0 aliphatic carbocycles. The van der Waals surface area contributed by atoms with Crippen molar-refractivity contribution in [3.63, 3.8) is 0 Å². The summed E-state index contributed by atoms with van der Waals surface area (Å²) in [5.74, 6) is -1.48. The Bertz CT molecular complexity index is 606. The fraction of sp³-hybridized carbons (Fsp3) is 0.643. The molecule has 0 saturated heterocycles. The van der Waals surface area contributed by atoms with Gasteiger partial charge in [0, 0.05) is 6.42 Å². The molecule has 23 heavy (non-hydrogen) atoms. The lowest BCUT2D eigenvalue weighted by Crippen LogP contribution is -2.25. The number of halogens is 3. The van der Waals surface area contributed by atoms with E-state index in [2.05, 4.69) is 10.4 Å². The van der Waals surface area contributed by atoms with E-state index in [4.69, 9.17) is 5.11 Å². The predicted molar refractivity (Wildman–Crippen MR) is 77.0 cm³/mol. The standard InChI is InChI=1S/C14H20F3N3O3/c1-8-12(9(2)20(19-8)7-14(15,16)17)18-10(21)5-13(3,4)6-11(22)23/h5-7H2,1-4H3,(H,18,21)(H,22,23). The van der Waals surface area contributed by atoms with E-state index >= 15 is 0 Å². The summed E-state index contributed by atoms with van der Waals surface area (Å²) in [6.07, 6.45) is -4.66. The average Bonchev–Trinajstić information content (AvgIpc) is 2.51. The monoisotopic (exact) mass is 335 g/mol. The number of nitrogens with one attached hydrogen (secondary N) is 1. The van der Waals surface area contributed by atoms with Gasteiger partial charge in [-0.1, -0.05) is 13.8 Å². The van der Waals surface area contributed by atoms with Gasteiger partial charge in [0.05, 0.1) is 23.5 Å². The molecule has 0 aliphatic rings. The van der Waals surface area contributed by atoms with Gasteiger partial charge in [-0.05, 0) is 19.3 Å². The van der Waals surface area contributed by atoms with Gasteiger partial charge in [0.15, 0.2) is 0 Å². The first-order valence-corrected chi connectivity index (χ1v) is 6.93. The maximum atomic E-state index is 12.5. The maximum Gasteiger partial charge on any atom is 0.408 e. The number of carbonyl (C=O) groups excluding carboxylic acids is 1. The Morgan fingerprint density at radius 1 is 1.22 bits per heavy atom. The van der Waals surface area contributed by atoms with Crippen LogP contribution in [0.15, 0.2) is 0 Å². The van der Waals surface area contributed by atoms with Crippen molar-refractivity contribution in [3.8, 4) is 0 Å². The smallest absolute Gasteiger partial charge is 0.408 e. The van der Waals surface area contributed by atoms with Crippen molar-refractivity contribution in [2.75, 3.05) is 5.32 Å². The van der Waals surface area contributed by atoms with Crippen LogP contribution in [0.2, 0.25) is 0 Å². The van der Waals surface area contributed by atoms with Crippen molar-refractivity contribution in [1.29, 1.82) is 0 Å². The number of carboxylic acids is 1. The first-order chi connectivity index (χ1) is 10.3. The number of carboxylic acid groups (broad SMARTS) is 1. The molecule has 0 fully saturated rings. The molecule has 1 rings (SSSR count). The average molecular weight is 335 g/mol. The summed E-state index contributed by atoms with van der Waals surface area (Å²) in [6, 6.07) is 0. The molecule has 1 aromatic heterocycles. The van der Waals surface area contributed by atoms with Crippen LogP contribution in [-0.2, 0) is 16.1 Å². The third kappa shape index (κ3) is 5.91.